The van der Waals surface area contributed by atoms with Crippen LogP contribution in [0.4, 0.5) is 10.6 Å². The standard InChI is InChI=1S/C18H21N5O2/c1-11(12-7-5-4-6-8-12)20-17(24)21-15-9-14-13(10-19-15)16(23-22-14)18(2,3)25/h4-11,25H,1-3H3,(H,22,23)(H2,19,20,21,24)/t11-/m1/s1. The molecule has 2 aromatic heterocycles. The van der Waals surface area contributed by atoms with Crippen molar-refractivity contribution in [2.45, 2.75) is 32.4 Å². The minimum atomic E-state index is -1.05. The molecular formula is C18H21N5O2. The molecule has 0 aliphatic carbocycles. The number of pyridine rings is 1. The molecule has 0 saturated carbocycles. The quantitative estimate of drug-likeness (QED) is 0.586. The number of H-pyrrole nitrogens is 1. The maximum atomic E-state index is 12.2. The summed E-state index contributed by atoms with van der Waals surface area (Å²) in [5, 5.41) is 23.4. The van der Waals surface area contributed by atoms with Gasteiger partial charge in [0.25, 0.3) is 0 Å². The molecule has 25 heavy (non-hydrogen) atoms. The smallest absolute Gasteiger partial charge is 0.320 e. The van der Waals surface area contributed by atoms with E-state index in [1.807, 2.05) is 37.3 Å². The fourth-order valence-electron chi connectivity index (χ4n) is 2.62. The summed E-state index contributed by atoms with van der Waals surface area (Å²) < 4.78 is 0. The Bertz CT molecular complexity index is 883. The van der Waals surface area contributed by atoms with Gasteiger partial charge in [0.05, 0.1) is 17.3 Å². The average molecular weight is 339 g/mol. The van der Waals surface area contributed by atoms with Crippen molar-refractivity contribution in [3.63, 3.8) is 0 Å². The Kier molecular flexibility index (Phi) is 4.41. The van der Waals surface area contributed by atoms with Gasteiger partial charge in [-0.05, 0) is 26.3 Å². The lowest BCUT2D eigenvalue weighted by molar-refractivity contribution is 0.0753. The molecule has 2 amide bonds. The molecular weight excluding hydrogens is 318 g/mol. The molecule has 0 aliphatic rings. The maximum absolute atomic E-state index is 12.2. The average Bonchev–Trinajstić information content (AvgIpc) is 2.99. The number of rotatable bonds is 4. The lowest BCUT2D eigenvalue weighted by Gasteiger charge is -2.15. The van der Waals surface area contributed by atoms with Crippen molar-refractivity contribution in [1.82, 2.24) is 20.5 Å². The number of nitrogens with one attached hydrogen (secondary N) is 3. The Labute approximate surface area is 145 Å². The zero-order valence-electron chi connectivity index (χ0n) is 14.4. The number of amides is 2. The number of hydrogen-bond acceptors (Lipinski definition) is 4. The molecule has 0 radical (unpaired) electrons. The maximum Gasteiger partial charge on any atom is 0.320 e. The molecule has 0 fully saturated rings. The van der Waals surface area contributed by atoms with E-state index in [9.17, 15) is 9.90 Å². The van der Waals surface area contributed by atoms with Crippen LogP contribution in [-0.4, -0.2) is 26.3 Å². The minimum Gasteiger partial charge on any atom is -0.384 e. The van der Waals surface area contributed by atoms with Gasteiger partial charge in [-0.2, -0.15) is 5.10 Å². The van der Waals surface area contributed by atoms with E-state index in [0.29, 0.717) is 17.0 Å². The molecule has 7 heteroatoms. The van der Waals surface area contributed by atoms with Crippen LogP contribution < -0.4 is 10.6 Å². The topological polar surface area (TPSA) is 103 Å². The molecule has 0 bridgehead atoms. The largest absolute Gasteiger partial charge is 0.384 e. The van der Waals surface area contributed by atoms with Crippen molar-refractivity contribution in [3.8, 4) is 0 Å². The number of aromatic amines is 1. The summed E-state index contributed by atoms with van der Waals surface area (Å²) >= 11 is 0. The van der Waals surface area contributed by atoms with Gasteiger partial charge in [0.2, 0.25) is 0 Å². The van der Waals surface area contributed by atoms with Gasteiger partial charge < -0.3 is 10.4 Å². The first kappa shape index (κ1) is 16.9. The van der Waals surface area contributed by atoms with Crippen molar-refractivity contribution < 1.29 is 9.90 Å². The van der Waals surface area contributed by atoms with Crippen molar-refractivity contribution in [2.24, 2.45) is 0 Å². The molecule has 130 valence electrons. The molecule has 1 aromatic carbocycles. The molecule has 1 atom stereocenters. The van der Waals surface area contributed by atoms with Crippen LogP contribution in [0.3, 0.4) is 0 Å². The number of anilines is 1. The fraction of sp³-hybridized carbons (Fsp3) is 0.278. The number of fused-ring (bicyclic) bond motifs is 1. The highest BCUT2D eigenvalue weighted by Crippen LogP contribution is 2.26. The molecule has 4 N–H and O–H groups in total. The lowest BCUT2D eigenvalue weighted by atomic mass is 10.0. The molecule has 0 unspecified atom stereocenters. The first-order valence-corrected chi connectivity index (χ1v) is 8.04. The van der Waals surface area contributed by atoms with E-state index in [1.165, 1.54) is 0 Å². The zero-order valence-corrected chi connectivity index (χ0v) is 14.4. The van der Waals surface area contributed by atoms with Crippen molar-refractivity contribution in [3.05, 3.63) is 53.9 Å². The van der Waals surface area contributed by atoms with Gasteiger partial charge in [0, 0.05) is 17.6 Å². The normalized spacial score (nSPS) is 12.8. The molecule has 2 heterocycles. The molecule has 0 aliphatic heterocycles. The van der Waals surface area contributed by atoms with Gasteiger partial charge in [-0.15, -0.1) is 0 Å². The number of aromatic nitrogens is 3. The van der Waals surface area contributed by atoms with E-state index in [2.05, 4.69) is 25.8 Å². The molecule has 0 saturated heterocycles. The summed E-state index contributed by atoms with van der Waals surface area (Å²) in [4.78, 5) is 16.4. The predicted molar refractivity (Wildman–Crippen MR) is 96.1 cm³/mol. The van der Waals surface area contributed by atoms with Crippen LogP contribution in [0, 0.1) is 0 Å². The zero-order chi connectivity index (χ0) is 18.0. The number of carbonyl (C=O) groups is 1. The third-order valence-corrected chi connectivity index (χ3v) is 3.94. The molecule has 3 rings (SSSR count). The minimum absolute atomic E-state index is 0.128. The highest BCUT2D eigenvalue weighted by atomic mass is 16.3. The second kappa shape index (κ2) is 6.52. The SMILES string of the molecule is C[C@@H](NC(=O)Nc1cc2n[nH]c(C(C)(C)O)c2cn1)c1ccccc1. The summed E-state index contributed by atoms with van der Waals surface area (Å²) in [5.74, 6) is 0.388. The highest BCUT2D eigenvalue weighted by molar-refractivity contribution is 5.91. The molecule has 3 aromatic rings. The Morgan fingerprint density at radius 2 is 2.00 bits per heavy atom. The van der Waals surface area contributed by atoms with Crippen LogP contribution in [-0.2, 0) is 5.60 Å². The van der Waals surface area contributed by atoms with E-state index in [4.69, 9.17) is 0 Å². The highest BCUT2D eigenvalue weighted by Gasteiger charge is 2.22. The predicted octanol–water partition coefficient (Wildman–Crippen LogP) is 3.07. The first-order valence-electron chi connectivity index (χ1n) is 8.04. The summed E-state index contributed by atoms with van der Waals surface area (Å²) in [6.07, 6.45) is 1.59. The summed E-state index contributed by atoms with van der Waals surface area (Å²) in [6, 6.07) is 10.9. The van der Waals surface area contributed by atoms with Crippen LogP contribution in [0.5, 0.6) is 0 Å². The van der Waals surface area contributed by atoms with Gasteiger partial charge >= 0.3 is 6.03 Å². The molecule has 7 nitrogen and oxygen atoms in total. The Balaban J connectivity index is 1.71. The third kappa shape index (κ3) is 3.77. The summed E-state index contributed by atoms with van der Waals surface area (Å²) in [7, 11) is 0. The Morgan fingerprint density at radius 3 is 2.68 bits per heavy atom. The van der Waals surface area contributed by atoms with Crippen LogP contribution in [0.25, 0.3) is 10.9 Å². The van der Waals surface area contributed by atoms with Crippen LogP contribution in [0.1, 0.15) is 38.1 Å². The Hall–Kier alpha value is -2.93. The van der Waals surface area contributed by atoms with Crippen LogP contribution in [0.15, 0.2) is 42.6 Å². The number of urea groups is 1. The fourth-order valence-corrected chi connectivity index (χ4v) is 2.62. The van der Waals surface area contributed by atoms with E-state index in [0.717, 1.165) is 10.9 Å². The van der Waals surface area contributed by atoms with Gasteiger partial charge in [0.1, 0.15) is 11.4 Å². The van der Waals surface area contributed by atoms with E-state index in [1.54, 1.807) is 26.1 Å². The number of carbonyl (C=O) groups excluding carboxylic acids is 1. The summed E-state index contributed by atoms with van der Waals surface area (Å²) in [5.41, 5.74) is 1.18. The third-order valence-electron chi connectivity index (χ3n) is 3.94. The number of aliphatic hydroxyl groups is 1. The molecule has 0 spiro atoms. The van der Waals surface area contributed by atoms with Crippen LogP contribution in [0.2, 0.25) is 0 Å². The van der Waals surface area contributed by atoms with Crippen molar-refractivity contribution in [2.75, 3.05) is 5.32 Å². The van der Waals surface area contributed by atoms with E-state index >= 15 is 0 Å². The van der Waals surface area contributed by atoms with Gasteiger partial charge in [0.15, 0.2) is 0 Å². The van der Waals surface area contributed by atoms with E-state index in [-0.39, 0.29) is 12.1 Å². The van der Waals surface area contributed by atoms with Gasteiger partial charge in [-0.25, -0.2) is 9.78 Å². The number of benzene rings is 1. The Morgan fingerprint density at radius 1 is 1.28 bits per heavy atom. The van der Waals surface area contributed by atoms with Crippen molar-refractivity contribution in [1.29, 1.82) is 0 Å². The van der Waals surface area contributed by atoms with E-state index < -0.39 is 5.60 Å². The number of nitrogens with zero attached hydrogens (tertiary/aromatic N) is 2. The second-order valence-electron chi connectivity index (χ2n) is 6.48. The van der Waals surface area contributed by atoms with Gasteiger partial charge in [-0.3, -0.25) is 10.4 Å². The summed E-state index contributed by atoms with van der Waals surface area (Å²) in [6.45, 7) is 5.25. The first-order chi connectivity index (χ1) is 11.8. The lowest BCUT2D eigenvalue weighted by Crippen LogP contribution is -2.31. The van der Waals surface area contributed by atoms with Crippen molar-refractivity contribution >= 4 is 22.8 Å². The van der Waals surface area contributed by atoms with Gasteiger partial charge in [-0.1, -0.05) is 30.3 Å². The monoisotopic (exact) mass is 339 g/mol. The second-order valence-corrected chi connectivity index (χ2v) is 6.48. The number of hydrogen-bond donors (Lipinski definition) is 4. The van der Waals surface area contributed by atoms with Crippen LogP contribution >= 0.6 is 0 Å².